The third kappa shape index (κ3) is 5.12. The van der Waals surface area contributed by atoms with E-state index in [2.05, 4.69) is 61.0 Å². The molecule has 37 heavy (non-hydrogen) atoms. The molecule has 198 valence electrons. The molecule has 1 atom stereocenters. The first kappa shape index (κ1) is 26.8. The van der Waals surface area contributed by atoms with E-state index in [1.54, 1.807) is 12.1 Å². The number of nitro groups is 1. The van der Waals surface area contributed by atoms with Gasteiger partial charge in [0.2, 0.25) is 5.72 Å². The van der Waals surface area contributed by atoms with Crippen LogP contribution in [0.1, 0.15) is 30.5 Å². The van der Waals surface area contributed by atoms with Crippen LogP contribution in [0, 0.1) is 10.1 Å². The molecule has 2 aromatic rings. The lowest BCUT2D eigenvalue weighted by atomic mass is 9.76. The van der Waals surface area contributed by atoms with Crippen LogP contribution in [-0.4, -0.2) is 70.2 Å². The Hall–Kier alpha value is -1.81. The molecule has 6 nitrogen and oxygen atoms in total. The van der Waals surface area contributed by atoms with Gasteiger partial charge in [0.1, 0.15) is 5.75 Å². The predicted octanol–water partition coefficient (Wildman–Crippen LogP) is 6.14. The van der Waals surface area contributed by atoms with Crippen LogP contribution in [0.5, 0.6) is 5.75 Å². The SMILES string of the molecule is CN1c2ccccc2C(C)(C)C12C=Cc1cc([N+](=O)[O-])cc(CN3CCSCCSCCSCC3)c1O2. The van der Waals surface area contributed by atoms with Crippen molar-refractivity contribution in [1.29, 1.82) is 0 Å². The second-order valence-corrected chi connectivity index (χ2v) is 13.9. The van der Waals surface area contributed by atoms with Crippen LogP contribution in [0.3, 0.4) is 0 Å². The number of non-ortho nitro benzene ring substituents is 1. The summed E-state index contributed by atoms with van der Waals surface area (Å²) in [5, 5.41) is 11.8. The average Bonchev–Trinajstić information content (AvgIpc) is 3.04. The van der Waals surface area contributed by atoms with E-state index < -0.39 is 5.72 Å². The van der Waals surface area contributed by atoms with Crippen molar-refractivity contribution >= 4 is 52.7 Å². The molecule has 0 saturated carbocycles. The van der Waals surface area contributed by atoms with Crippen LogP contribution in [0.2, 0.25) is 0 Å². The molecule has 1 saturated heterocycles. The van der Waals surface area contributed by atoms with Gasteiger partial charge in [0.15, 0.2) is 0 Å². The van der Waals surface area contributed by atoms with Gasteiger partial charge in [-0.1, -0.05) is 18.2 Å². The summed E-state index contributed by atoms with van der Waals surface area (Å²) in [7, 11) is 2.08. The van der Waals surface area contributed by atoms with Gasteiger partial charge in [-0.2, -0.15) is 35.3 Å². The maximum absolute atomic E-state index is 11.8. The molecular weight excluding hydrogens is 523 g/mol. The van der Waals surface area contributed by atoms with Gasteiger partial charge in [-0.3, -0.25) is 15.0 Å². The molecule has 1 fully saturated rings. The summed E-state index contributed by atoms with van der Waals surface area (Å²) < 4.78 is 7.01. The number of fused-ring (bicyclic) bond motifs is 2. The number of benzene rings is 2. The minimum Gasteiger partial charge on any atom is -0.462 e. The summed E-state index contributed by atoms with van der Waals surface area (Å²) in [5.41, 5.74) is 3.17. The van der Waals surface area contributed by atoms with Crippen LogP contribution in [0.15, 0.2) is 42.5 Å². The zero-order valence-corrected chi connectivity index (χ0v) is 24.2. The number of ether oxygens (including phenoxy) is 1. The van der Waals surface area contributed by atoms with E-state index in [0.717, 1.165) is 47.2 Å². The van der Waals surface area contributed by atoms with Crippen molar-refractivity contribution in [3.63, 3.8) is 0 Å². The second kappa shape index (κ2) is 11.1. The fourth-order valence-electron chi connectivity index (χ4n) is 5.60. The van der Waals surface area contributed by atoms with Crippen molar-refractivity contribution < 1.29 is 9.66 Å². The summed E-state index contributed by atoms with van der Waals surface area (Å²) in [4.78, 5) is 16.2. The molecule has 0 amide bonds. The molecule has 3 aliphatic rings. The fourth-order valence-corrected chi connectivity index (χ4v) is 8.87. The lowest BCUT2D eigenvalue weighted by Crippen LogP contribution is -2.58. The van der Waals surface area contributed by atoms with Crippen molar-refractivity contribution in [1.82, 2.24) is 4.90 Å². The summed E-state index contributed by atoms with van der Waals surface area (Å²) in [6, 6.07) is 11.8. The highest BCUT2D eigenvalue weighted by atomic mass is 32.2. The second-order valence-electron chi connectivity index (χ2n) is 10.2. The quantitative estimate of drug-likeness (QED) is 0.330. The number of para-hydroxylation sites is 1. The minimum absolute atomic E-state index is 0.121. The van der Waals surface area contributed by atoms with Gasteiger partial charge in [0.05, 0.1) is 10.3 Å². The summed E-state index contributed by atoms with van der Waals surface area (Å²) >= 11 is 6.05. The largest absolute Gasteiger partial charge is 0.462 e. The van der Waals surface area contributed by atoms with Gasteiger partial charge in [0, 0.05) is 90.1 Å². The zero-order valence-electron chi connectivity index (χ0n) is 21.8. The van der Waals surface area contributed by atoms with E-state index in [9.17, 15) is 10.1 Å². The summed E-state index contributed by atoms with van der Waals surface area (Å²) in [6.45, 7) is 7.01. The van der Waals surface area contributed by atoms with Crippen molar-refractivity contribution in [2.75, 3.05) is 59.6 Å². The fraction of sp³-hybridized carbons (Fsp3) is 0.500. The van der Waals surface area contributed by atoms with Crippen molar-refractivity contribution in [3.8, 4) is 5.75 Å². The van der Waals surface area contributed by atoms with Crippen molar-refractivity contribution in [3.05, 3.63) is 69.3 Å². The Kier molecular flexibility index (Phi) is 8.05. The zero-order chi connectivity index (χ0) is 26.0. The molecule has 0 N–H and O–H groups in total. The summed E-state index contributed by atoms with van der Waals surface area (Å²) in [5.74, 6) is 7.66. The number of nitrogens with zero attached hydrogens (tertiary/aromatic N) is 3. The minimum atomic E-state index is -0.709. The third-order valence-electron chi connectivity index (χ3n) is 7.71. The monoisotopic (exact) mass is 557 g/mol. The molecule has 3 heterocycles. The number of nitro benzene ring substituents is 1. The standard InChI is InChI=1S/C28H35N3O3S3/c1-27(2)24-6-4-5-7-25(24)29(3)28(27)9-8-21-18-23(31(32)33)19-22(26(21)34-28)20-30-10-12-35-14-16-37-17-15-36-13-11-30/h4-9,18-19H,10-17,20H2,1-3H3. The number of likely N-dealkylation sites (N-methyl/N-ethyl adjacent to an activating group) is 1. The first-order chi connectivity index (χ1) is 17.8. The van der Waals surface area contributed by atoms with Crippen LogP contribution in [-0.2, 0) is 12.0 Å². The molecule has 9 heteroatoms. The van der Waals surface area contributed by atoms with Gasteiger partial charge >= 0.3 is 0 Å². The van der Waals surface area contributed by atoms with Crippen LogP contribution < -0.4 is 9.64 Å². The predicted molar refractivity (Wildman–Crippen MR) is 161 cm³/mol. The molecule has 0 radical (unpaired) electrons. The molecule has 0 bridgehead atoms. The first-order valence-corrected chi connectivity index (χ1v) is 16.3. The van der Waals surface area contributed by atoms with E-state index in [1.165, 1.54) is 28.6 Å². The summed E-state index contributed by atoms with van der Waals surface area (Å²) in [6.07, 6.45) is 4.11. The van der Waals surface area contributed by atoms with Crippen molar-refractivity contribution in [2.45, 2.75) is 31.5 Å². The van der Waals surface area contributed by atoms with E-state index in [-0.39, 0.29) is 16.0 Å². The maximum Gasteiger partial charge on any atom is 0.270 e. The Morgan fingerprint density at radius 1 is 1.00 bits per heavy atom. The molecule has 0 aliphatic carbocycles. The molecular formula is C28H35N3O3S3. The first-order valence-electron chi connectivity index (χ1n) is 12.8. The van der Waals surface area contributed by atoms with Crippen molar-refractivity contribution in [2.24, 2.45) is 0 Å². The van der Waals surface area contributed by atoms with E-state index in [0.29, 0.717) is 6.54 Å². The van der Waals surface area contributed by atoms with Gasteiger partial charge in [-0.25, -0.2) is 0 Å². The van der Waals surface area contributed by atoms with E-state index in [1.807, 2.05) is 41.4 Å². The lowest BCUT2D eigenvalue weighted by Gasteiger charge is -2.46. The van der Waals surface area contributed by atoms with Gasteiger partial charge in [-0.15, -0.1) is 0 Å². The maximum atomic E-state index is 11.8. The van der Waals surface area contributed by atoms with Gasteiger partial charge < -0.3 is 9.64 Å². The molecule has 0 aromatic heterocycles. The van der Waals surface area contributed by atoms with E-state index >= 15 is 0 Å². The molecule has 5 rings (SSSR count). The van der Waals surface area contributed by atoms with Crippen LogP contribution in [0.25, 0.3) is 6.08 Å². The average molecular weight is 558 g/mol. The topological polar surface area (TPSA) is 58.8 Å². The Labute approximate surface area is 232 Å². The smallest absolute Gasteiger partial charge is 0.270 e. The Morgan fingerprint density at radius 3 is 2.30 bits per heavy atom. The number of hydrogen-bond donors (Lipinski definition) is 0. The lowest BCUT2D eigenvalue weighted by molar-refractivity contribution is -0.385. The molecule has 2 aromatic carbocycles. The highest BCUT2D eigenvalue weighted by Gasteiger charge is 2.57. The highest BCUT2D eigenvalue weighted by Crippen LogP contribution is 2.54. The van der Waals surface area contributed by atoms with E-state index in [4.69, 9.17) is 4.74 Å². The highest BCUT2D eigenvalue weighted by molar-refractivity contribution is 8.04. The van der Waals surface area contributed by atoms with Gasteiger partial charge in [-0.05, 0) is 37.6 Å². The number of anilines is 1. The molecule has 1 spiro atoms. The van der Waals surface area contributed by atoms with Gasteiger partial charge in [0.25, 0.3) is 5.69 Å². The molecule has 1 unspecified atom stereocenters. The van der Waals surface area contributed by atoms with Crippen LogP contribution >= 0.6 is 35.3 Å². The number of thioether (sulfide) groups is 3. The Morgan fingerprint density at radius 2 is 1.65 bits per heavy atom. The third-order valence-corrected chi connectivity index (χ3v) is 11.1. The number of rotatable bonds is 3. The molecule has 3 aliphatic heterocycles. The Balaban J connectivity index is 1.49. The number of hydrogen-bond acceptors (Lipinski definition) is 8. The Bertz CT molecular complexity index is 1180. The normalized spacial score (nSPS) is 24.0. The van der Waals surface area contributed by atoms with Crippen LogP contribution in [0.4, 0.5) is 11.4 Å².